The van der Waals surface area contributed by atoms with Gasteiger partial charge in [-0.3, -0.25) is 9.59 Å². The van der Waals surface area contributed by atoms with Crippen molar-refractivity contribution in [1.82, 2.24) is 0 Å². The Hall–Kier alpha value is -1.90. The molecule has 1 aromatic rings. The molecule has 3 nitrogen and oxygen atoms in total. The topological polar surface area (TPSA) is 43.4 Å². The van der Waals surface area contributed by atoms with Crippen LogP contribution in [-0.4, -0.2) is 18.2 Å². The number of hydrogen-bond donors (Lipinski definition) is 0. The zero-order valence-electron chi connectivity index (χ0n) is 14.0. The van der Waals surface area contributed by atoms with Crippen LogP contribution in [0.3, 0.4) is 0 Å². The van der Waals surface area contributed by atoms with E-state index < -0.39 is 0 Å². The third-order valence-corrected chi connectivity index (χ3v) is 5.69. The number of allylic oxidation sites excluding steroid dienone is 1. The molecule has 3 aliphatic rings. The summed E-state index contributed by atoms with van der Waals surface area (Å²) in [4.78, 5) is 25.7. The minimum absolute atomic E-state index is 0.0167. The lowest BCUT2D eigenvalue weighted by atomic mass is 9.70. The van der Waals surface area contributed by atoms with Crippen molar-refractivity contribution < 1.29 is 14.3 Å². The van der Waals surface area contributed by atoms with E-state index in [0.29, 0.717) is 29.9 Å². The van der Waals surface area contributed by atoms with Crippen LogP contribution in [0.25, 0.3) is 0 Å². The van der Waals surface area contributed by atoms with Crippen LogP contribution in [0.1, 0.15) is 60.7 Å². The lowest BCUT2D eigenvalue weighted by Crippen LogP contribution is -2.28. The fourth-order valence-corrected chi connectivity index (χ4v) is 4.43. The highest BCUT2D eigenvalue weighted by Crippen LogP contribution is 2.42. The highest BCUT2D eigenvalue weighted by molar-refractivity contribution is 6.50. The number of carbonyl (C=O) groups excluding carboxylic acids is 2. The average molecular weight is 310 g/mol. The normalized spacial score (nSPS) is 25.4. The van der Waals surface area contributed by atoms with Gasteiger partial charge in [0, 0.05) is 23.5 Å². The number of hydrogen-bond acceptors (Lipinski definition) is 3. The van der Waals surface area contributed by atoms with Crippen LogP contribution in [0.2, 0.25) is 0 Å². The summed E-state index contributed by atoms with van der Waals surface area (Å²) in [7, 11) is 0. The minimum atomic E-state index is -0.347. The fourth-order valence-electron chi connectivity index (χ4n) is 4.43. The minimum Gasteiger partial charge on any atom is -0.497 e. The van der Waals surface area contributed by atoms with E-state index in [1.54, 1.807) is 0 Å². The van der Waals surface area contributed by atoms with Gasteiger partial charge in [0.1, 0.15) is 5.76 Å². The van der Waals surface area contributed by atoms with Crippen molar-refractivity contribution in [3.63, 3.8) is 0 Å². The van der Waals surface area contributed by atoms with E-state index in [9.17, 15) is 9.59 Å². The molecule has 1 atom stereocenters. The lowest BCUT2D eigenvalue weighted by Gasteiger charge is -2.34. The molecule has 0 spiro atoms. The van der Waals surface area contributed by atoms with Gasteiger partial charge in [-0.05, 0) is 41.4 Å². The highest BCUT2D eigenvalue weighted by Gasteiger charge is 2.40. The van der Waals surface area contributed by atoms with Gasteiger partial charge in [0.15, 0.2) is 0 Å². The van der Waals surface area contributed by atoms with Crippen LogP contribution in [0, 0.1) is 5.92 Å². The Morgan fingerprint density at radius 2 is 1.96 bits per heavy atom. The summed E-state index contributed by atoms with van der Waals surface area (Å²) in [5.41, 5.74) is 4.64. The molecule has 1 aliphatic heterocycles. The van der Waals surface area contributed by atoms with Gasteiger partial charge in [0.25, 0.3) is 0 Å². The predicted molar refractivity (Wildman–Crippen MR) is 87.6 cm³/mol. The summed E-state index contributed by atoms with van der Waals surface area (Å²) in [6, 6.07) is 4.20. The second-order valence-electron chi connectivity index (χ2n) is 7.75. The molecule has 0 amide bonds. The lowest BCUT2D eigenvalue weighted by molar-refractivity contribution is -0.112. The molecule has 0 aromatic heterocycles. The summed E-state index contributed by atoms with van der Waals surface area (Å²) >= 11 is 0. The smallest absolute Gasteiger partial charge is 0.233 e. The van der Waals surface area contributed by atoms with E-state index in [4.69, 9.17) is 4.74 Å². The largest absolute Gasteiger partial charge is 0.497 e. The Morgan fingerprint density at radius 3 is 2.74 bits per heavy atom. The summed E-state index contributed by atoms with van der Waals surface area (Å²) in [6.45, 7) is 6.92. The quantitative estimate of drug-likeness (QED) is 0.689. The molecule has 4 rings (SSSR count). The summed E-state index contributed by atoms with van der Waals surface area (Å²) < 4.78 is 5.72. The molecule has 0 bridgehead atoms. The van der Waals surface area contributed by atoms with Gasteiger partial charge in [0.05, 0.1) is 6.61 Å². The second kappa shape index (κ2) is 4.80. The summed E-state index contributed by atoms with van der Waals surface area (Å²) in [5.74, 6) is 0.0603. The van der Waals surface area contributed by atoms with Crippen molar-refractivity contribution in [3.05, 3.63) is 45.7 Å². The molecule has 0 unspecified atom stereocenters. The first kappa shape index (κ1) is 14.7. The van der Waals surface area contributed by atoms with E-state index in [-0.39, 0.29) is 22.9 Å². The molecule has 0 radical (unpaired) electrons. The SMILES string of the molecule is C[C@H]1COC2=C1C(=O)C(=O)c1c(ccc3c1CCCC3(C)C)C2. The fraction of sp³-hybridized carbons (Fsp3) is 0.500. The van der Waals surface area contributed by atoms with Crippen LogP contribution >= 0.6 is 0 Å². The van der Waals surface area contributed by atoms with Gasteiger partial charge >= 0.3 is 0 Å². The molecule has 3 heteroatoms. The average Bonchev–Trinajstić information content (AvgIpc) is 2.80. The number of Topliss-reactive ketones (excluding diaryl/α,β-unsaturated/α-hetero) is 2. The molecular formula is C20H22O3. The number of ketones is 2. The number of benzene rings is 1. The Kier molecular flexibility index (Phi) is 3.06. The van der Waals surface area contributed by atoms with E-state index in [2.05, 4.69) is 19.9 Å². The molecular weight excluding hydrogens is 288 g/mol. The monoisotopic (exact) mass is 310 g/mol. The van der Waals surface area contributed by atoms with E-state index >= 15 is 0 Å². The predicted octanol–water partition coefficient (Wildman–Crippen LogP) is 3.53. The third-order valence-electron chi connectivity index (χ3n) is 5.69. The molecule has 0 fully saturated rings. The first-order chi connectivity index (χ1) is 10.9. The number of ether oxygens (including phenoxy) is 1. The molecule has 120 valence electrons. The zero-order chi connectivity index (χ0) is 16.4. The van der Waals surface area contributed by atoms with E-state index in [0.717, 1.165) is 30.4 Å². The molecule has 23 heavy (non-hydrogen) atoms. The van der Waals surface area contributed by atoms with Crippen molar-refractivity contribution in [2.45, 2.75) is 51.9 Å². The number of carbonyl (C=O) groups is 2. The van der Waals surface area contributed by atoms with Gasteiger partial charge in [-0.15, -0.1) is 0 Å². The Morgan fingerprint density at radius 1 is 1.17 bits per heavy atom. The number of rotatable bonds is 0. The van der Waals surface area contributed by atoms with Crippen LogP contribution in [0.15, 0.2) is 23.5 Å². The van der Waals surface area contributed by atoms with Crippen molar-refractivity contribution in [1.29, 1.82) is 0 Å². The van der Waals surface area contributed by atoms with Gasteiger partial charge in [-0.1, -0.05) is 32.9 Å². The van der Waals surface area contributed by atoms with Gasteiger partial charge in [-0.25, -0.2) is 0 Å². The maximum atomic E-state index is 13.0. The Labute approximate surface area is 136 Å². The van der Waals surface area contributed by atoms with E-state index in [1.165, 1.54) is 5.56 Å². The second-order valence-corrected chi connectivity index (χ2v) is 7.75. The van der Waals surface area contributed by atoms with Crippen LogP contribution in [0.4, 0.5) is 0 Å². The molecule has 0 N–H and O–H groups in total. The summed E-state index contributed by atoms with van der Waals surface area (Å²) in [5, 5.41) is 0. The maximum Gasteiger partial charge on any atom is 0.233 e. The molecule has 1 heterocycles. The van der Waals surface area contributed by atoms with Crippen molar-refractivity contribution in [3.8, 4) is 0 Å². The van der Waals surface area contributed by atoms with Crippen LogP contribution in [-0.2, 0) is 27.8 Å². The van der Waals surface area contributed by atoms with Crippen molar-refractivity contribution >= 4 is 11.6 Å². The van der Waals surface area contributed by atoms with Gasteiger partial charge in [0.2, 0.25) is 11.6 Å². The Bertz CT molecular complexity index is 767. The van der Waals surface area contributed by atoms with Gasteiger partial charge in [-0.2, -0.15) is 0 Å². The first-order valence-corrected chi connectivity index (χ1v) is 8.50. The molecule has 0 saturated carbocycles. The van der Waals surface area contributed by atoms with Crippen molar-refractivity contribution in [2.75, 3.05) is 6.61 Å². The standard InChI is InChI=1S/C20H22O3/c1-11-10-23-15-9-12-6-7-14-13(5-4-8-20(14,2)3)17(12)19(22)18(21)16(11)15/h6-7,11H,4-5,8-10H2,1-3H3/t11-/m0/s1. The van der Waals surface area contributed by atoms with Crippen molar-refractivity contribution in [2.24, 2.45) is 5.92 Å². The van der Waals surface area contributed by atoms with Gasteiger partial charge < -0.3 is 4.74 Å². The zero-order valence-corrected chi connectivity index (χ0v) is 14.0. The maximum absolute atomic E-state index is 13.0. The Balaban J connectivity index is 1.92. The molecule has 1 aromatic carbocycles. The first-order valence-electron chi connectivity index (χ1n) is 8.50. The molecule has 0 saturated heterocycles. The third kappa shape index (κ3) is 2.02. The van der Waals surface area contributed by atoms with Crippen LogP contribution < -0.4 is 0 Å². The molecule has 2 aliphatic carbocycles. The number of fused-ring (bicyclic) bond motifs is 3. The van der Waals surface area contributed by atoms with Crippen LogP contribution in [0.5, 0.6) is 0 Å². The van der Waals surface area contributed by atoms with E-state index in [1.807, 2.05) is 13.0 Å². The summed E-state index contributed by atoms with van der Waals surface area (Å²) in [6.07, 6.45) is 3.65. The highest BCUT2D eigenvalue weighted by atomic mass is 16.5.